The number of aryl methyl sites for hydroxylation is 1. The minimum Gasteiger partial charge on any atom is -0.390 e. The largest absolute Gasteiger partial charge is 0.390 e. The monoisotopic (exact) mass is 208 g/mol. The van der Waals surface area contributed by atoms with Crippen molar-refractivity contribution in [3.63, 3.8) is 0 Å². The Morgan fingerprint density at radius 3 is 2.87 bits per heavy atom. The molecule has 1 aliphatic carbocycles. The lowest BCUT2D eigenvalue weighted by Crippen LogP contribution is -2.41. The number of hydrogen-bond acceptors (Lipinski definition) is 2. The standard InChI is InChI=1S/C12H20N2O/c1-9-13-7-8-14(9)10-5-4-6-12(2,3)11(10)15/h7-8,10-11,15H,4-6H2,1-3H3. The molecule has 2 unspecified atom stereocenters. The number of nitrogens with zero attached hydrogens (tertiary/aromatic N) is 2. The predicted molar refractivity (Wildman–Crippen MR) is 59.6 cm³/mol. The molecule has 1 saturated carbocycles. The summed E-state index contributed by atoms with van der Waals surface area (Å²) >= 11 is 0. The molecule has 2 rings (SSSR count). The second-order valence-corrected chi connectivity index (χ2v) is 5.27. The SMILES string of the molecule is Cc1nccn1C1CCCC(C)(C)C1O. The molecule has 1 aliphatic rings. The summed E-state index contributed by atoms with van der Waals surface area (Å²) in [5.74, 6) is 0.997. The molecule has 3 heteroatoms. The zero-order valence-corrected chi connectivity index (χ0v) is 9.77. The van der Waals surface area contributed by atoms with Gasteiger partial charge in [0.1, 0.15) is 5.82 Å². The Kier molecular flexibility index (Phi) is 2.59. The van der Waals surface area contributed by atoms with Gasteiger partial charge in [0, 0.05) is 12.4 Å². The fraction of sp³-hybridized carbons (Fsp3) is 0.750. The molecule has 84 valence electrons. The first-order valence-electron chi connectivity index (χ1n) is 5.70. The zero-order valence-electron chi connectivity index (χ0n) is 9.77. The highest BCUT2D eigenvalue weighted by atomic mass is 16.3. The number of aliphatic hydroxyl groups is 1. The summed E-state index contributed by atoms with van der Waals surface area (Å²) in [4.78, 5) is 4.23. The van der Waals surface area contributed by atoms with Gasteiger partial charge in [-0.05, 0) is 25.2 Å². The summed E-state index contributed by atoms with van der Waals surface area (Å²) < 4.78 is 2.12. The zero-order chi connectivity index (χ0) is 11.1. The van der Waals surface area contributed by atoms with E-state index in [1.807, 2.05) is 19.3 Å². The minimum absolute atomic E-state index is 0.0274. The van der Waals surface area contributed by atoms with E-state index in [1.165, 1.54) is 6.42 Å². The van der Waals surface area contributed by atoms with Crippen molar-refractivity contribution in [2.75, 3.05) is 0 Å². The maximum absolute atomic E-state index is 10.3. The van der Waals surface area contributed by atoms with Gasteiger partial charge in [-0.25, -0.2) is 4.98 Å². The molecule has 0 amide bonds. The molecular formula is C12H20N2O. The van der Waals surface area contributed by atoms with Crippen LogP contribution in [0.3, 0.4) is 0 Å². The van der Waals surface area contributed by atoms with E-state index in [9.17, 15) is 5.11 Å². The first kappa shape index (κ1) is 10.7. The fourth-order valence-electron chi connectivity index (χ4n) is 2.62. The van der Waals surface area contributed by atoms with Crippen molar-refractivity contribution in [1.29, 1.82) is 0 Å². The van der Waals surface area contributed by atoms with Crippen LogP contribution in [0.5, 0.6) is 0 Å². The molecule has 0 spiro atoms. The van der Waals surface area contributed by atoms with Gasteiger partial charge in [0.15, 0.2) is 0 Å². The molecule has 2 atom stereocenters. The van der Waals surface area contributed by atoms with Gasteiger partial charge in [0.05, 0.1) is 12.1 Å². The molecule has 0 radical (unpaired) electrons. The number of aromatic nitrogens is 2. The smallest absolute Gasteiger partial charge is 0.105 e. The van der Waals surface area contributed by atoms with Crippen LogP contribution in [0, 0.1) is 12.3 Å². The lowest BCUT2D eigenvalue weighted by atomic mass is 9.72. The van der Waals surface area contributed by atoms with Crippen molar-refractivity contribution in [2.45, 2.75) is 52.2 Å². The molecule has 0 aliphatic heterocycles. The Morgan fingerprint density at radius 1 is 1.53 bits per heavy atom. The number of imidazole rings is 1. The summed E-state index contributed by atoms with van der Waals surface area (Å²) in [6.07, 6.45) is 6.88. The Hall–Kier alpha value is -0.830. The second kappa shape index (κ2) is 3.63. The van der Waals surface area contributed by atoms with Gasteiger partial charge < -0.3 is 9.67 Å². The van der Waals surface area contributed by atoms with Crippen LogP contribution in [0.15, 0.2) is 12.4 Å². The topological polar surface area (TPSA) is 38.0 Å². The summed E-state index contributed by atoms with van der Waals surface area (Å²) in [5, 5.41) is 10.3. The molecule has 1 heterocycles. The maximum atomic E-state index is 10.3. The van der Waals surface area contributed by atoms with E-state index < -0.39 is 0 Å². The molecule has 1 fully saturated rings. The lowest BCUT2D eigenvalue weighted by Gasteiger charge is -2.41. The van der Waals surface area contributed by atoms with E-state index in [0.29, 0.717) is 0 Å². The number of aliphatic hydroxyl groups excluding tert-OH is 1. The van der Waals surface area contributed by atoms with Crippen molar-refractivity contribution in [3.05, 3.63) is 18.2 Å². The maximum Gasteiger partial charge on any atom is 0.105 e. The molecule has 15 heavy (non-hydrogen) atoms. The van der Waals surface area contributed by atoms with Crippen molar-refractivity contribution < 1.29 is 5.11 Å². The molecule has 1 aromatic heterocycles. The molecule has 1 aromatic rings. The van der Waals surface area contributed by atoms with E-state index >= 15 is 0 Å². The van der Waals surface area contributed by atoms with E-state index in [1.54, 1.807) is 0 Å². The van der Waals surface area contributed by atoms with Crippen molar-refractivity contribution in [3.8, 4) is 0 Å². The molecule has 0 saturated heterocycles. The first-order valence-corrected chi connectivity index (χ1v) is 5.70. The van der Waals surface area contributed by atoms with Crippen molar-refractivity contribution >= 4 is 0 Å². The number of rotatable bonds is 1. The van der Waals surface area contributed by atoms with Gasteiger partial charge in [0.2, 0.25) is 0 Å². The Morgan fingerprint density at radius 2 is 2.27 bits per heavy atom. The number of hydrogen-bond donors (Lipinski definition) is 1. The highest BCUT2D eigenvalue weighted by molar-refractivity contribution is 4.99. The van der Waals surface area contributed by atoms with Gasteiger partial charge in [-0.3, -0.25) is 0 Å². The van der Waals surface area contributed by atoms with Crippen LogP contribution in [-0.2, 0) is 0 Å². The third-order valence-electron chi connectivity index (χ3n) is 3.71. The highest BCUT2D eigenvalue weighted by Gasteiger charge is 2.38. The predicted octanol–water partition coefficient (Wildman–Crippen LogP) is 2.30. The van der Waals surface area contributed by atoms with Gasteiger partial charge in [-0.2, -0.15) is 0 Å². The van der Waals surface area contributed by atoms with E-state index in [4.69, 9.17) is 0 Å². The summed E-state index contributed by atoms with van der Waals surface area (Å²) in [5.41, 5.74) is 0.0274. The van der Waals surface area contributed by atoms with E-state index in [2.05, 4.69) is 23.4 Å². The van der Waals surface area contributed by atoms with Gasteiger partial charge in [-0.15, -0.1) is 0 Å². The average Bonchev–Trinajstić information content (AvgIpc) is 2.57. The fourth-order valence-corrected chi connectivity index (χ4v) is 2.62. The van der Waals surface area contributed by atoms with Crippen LogP contribution in [0.1, 0.15) is 45.0 Å². The second-order valence-electron chi connectivity index (χ2n) is 5.27. The molecule has 3 nitrogen and oxygen atoms in total. The Balaban J connectivity index is 2.26. The van der Waals surface area contributed by atoms with Crippen molar-refractivity contribution in [2.24, 2.45) is 5.41 Å². The van der Waals surface area contributed by atoms with Crippen LogP contribution in [0.25, 0.3) is 0 Å². The van der Waals surface area contributed by atoms with E-state index in [0.717, 1.165) is 18.7 Å². The van der Waals surface area contributed by atoms with Crippen LogP contribution >= 0.6 is 0 Å². The van der Waals surface area contributed by atoms with Crippen LogP contribution in [0.2, 0.25) is 0 Å². The summed E-state index contributed by atoms with van der Waals surface area (Å²) in [7, 11) is 0. The summed E-state index contributed by atoms with van der Waals surface area (Å²) in [6.45, 7) is 6.29. The Bertz CT molecular complexity index is 343. The summed E-state index contributed by atoms with van der Waals surface area (Å²) in [6, 6.07) is 0.205. The normalized spacial score (nSPS) is 30.4. The lowest BCUT2D eigenvalue weighted by molar-refractivity contribution is -0.0268. The molecular weight excluding hydrogens is 188 g/mol. The van der Waals surface area contributed by atoms with Crippen LogP contribution in [-0.4, -0.2) is 20.8 Å². The highest BCUT2D eigenvalue weighted by Crippen LogP contribution is 2.41. The van der Waals surface area contributed by atoms with Crippen molar-refractivity contribution in [1.82, 2.24) is 9.55 Å². The molecule has 0 bridgehead atoms. The van der Waals surface area contributed by atoms with Gasteiger partial charge in [0.25, 0.3) is 0 Å². The van der Waals surface area contributed by atoms with Gasteiger partial charge in [-0.1, -0.05) is 20.3 Å². The average molecular weight is 208 g/mol. The van der Waals surface area contributed by atoms with Crippen LogP contribution in [0.4, 0.5) is 0 Å². The first-order chi connectivity index (χ1) is 7.02. The van der Waals surface area contributed by atoms with Gasteiger partial charge >= 0.3 is 0 Å². The quantitative estimate of drug-likeness (QED) is 0.769. The molecule has 1 N–H and O–H groups in total. The molecule has 0 aromatic carbocycles. The Labute approximate surface area is 91.1 Å². The third-order valence-corrected chi connectivity index (χ3v) is 3.71. The minimum atomic E-state index is -0.265. The van der Waals surface area contributed by atoms with E-state index in [-0.39, 0.29) is 17.6 Å². The van der Waals surface area contributed by atoms with Crippen LogP contribution < -0.4 is 0 Å². The third kappa shape index (κ3) is 1.81.